The molecule has 1 atom stereocenters. The van der Waals surface area contributed by atoms with Gasteiger partial charge in [0.25, 0.3) is 6.04 Å². The highest BCUT2D eigenvalue weighted by Gasteiger charge is 2.35. The quantitative estimate of drug-likeness (QED) is 0.398. The predicted octanol–water partition coefficient (Wildman–Crippen LogP) is -0.410. The van der Waals surface area contributed by atoms with E-state index in [1.54, 1.807) is 37.3 Å². The monoisotopic (exact) mass is 227 g/mol. The second-order valence-electron chi connectivity index (χ2n) is 3.20. The zero-order valence-electron chi connectivity index (χ0n) is 9.54. The number of hydrogen-bond acceptors (Lipinski definition) is 4. The third kappa shape index (κ3) is 2.59. The van der Waals surface area contributed by atoms with Crippen LogP contribution < -0.4 is 4.57 Å². The Bertz CT molecular complexity index is 386. The van der Waals surface area contributed by atoms with Gasteiger partial charge in [-0.25, -0.2) is 18.7 Å². The van der Waals surface area contributed by atoms with Crippen molar-refractivity contribution < 1.29 is 23.6 Å². The normalized spacial score (nSPS) is 11.9. The lowest BCUT2D eigenvalue weighted by molar-refractivity contribution is -0.698. The number of hydrogen-bond donors (Lipinski definition) is 0. The molecule has 0 fully saturated rings. The first kappa shape index (κ1) is 12.2. The van der Waals surface area contributed by atoms with E-state index in [2.05, 4.69) is 4.74 Å². The molecule has 0 aromatic carbocycles. The second kappa shape index (κ2) is 5.29. The lowest BCUT2D eigenvalue weighted by Crippen LogP contribution is -2.48. The lowest BCUT2D eigenvalue weighted by atomic mass is 10.3. The predicted molar refractivity (Wildman–Crippen MR) is 53.3 cm³/mol. The number of rotatable bonds is 4. The average molecular weight is 227 g/mol. The van der Waals surface area contributed by atoms with E-state index >= 15 is 0 Å². The fraction of sp³-hybridized carbons (Fsp3) is 0.500. The molecule has 0 aliphatic heterocycles. The molecular formula is C10H15N2O4+. The molecule has 0 amide bonds. The molecule has 88 valence electrons. The first-order chi connectivity index (χ1) is 7.60. The van der Waals surface area contributed by atoms with Crippen LogP contribution in [0.1, 0.15) is 13.0 Å². The number of methoxy groups -OCH3 is 1. The number of carbonyl (C=O) groups excluding carboxylic acids is 2. The number of ether oxygens (including phenoxy) is 2. The molecule has 0 saturated heterocycles. The van der Waals surface area contributed by atoms with E-state index in [-0.39, 0.29) is 6.61 Å². The summed E-state index contributed by atoms with van der Waals surface area (Å²) >= 11 is 0. The van der Waals surface area contributed by atoms with Gasteiger partial charge in [-0.1, -0.05) is 0 Å². The van der Waals surface area contributed by atoms with Gasteiger partial charge in [-0.3, -0.25) is 0 Å². The maximum Gasteiger partial charge on any atom is 0.363 e. The van der Waals surface area contributed by atoms with Gasteiger partial charge in [0.05, 0.1) is 20.8 Å². The minimum atomic E-state index is -1.08. The number of aryl methyl sites for hydroxylation is 1. The van der Waals surface area contributed by atoms with Crippen LogP contribution in [0, 0.1) is 0 Å². The van der Waals surface area contributed by atoms with Crippen LogP contribution in [0.15, 0.2) is 18.7 Å². The highest BCUT2D eigenvalue weighted by atomic mass is 16.5. The van der Waals surface area contributed by atoms with Crippen LogP contribution in [-0.2, 0) is 26.1 Å². The van der Waals surface area contributed by atoms with Gasteiger partial charge in [-0.05, 0) is 6.92 Å². The summed E-state index contributed by atoms with van der Waals surface area (Å²) in [5.41, 5.74) is 0. The molecule has 1 aromatic heterocycles. The van der Waals surface area contributed by atoms with Gasteiger partial charge >= 0.3 is 11.9 Å². The Morgan fingerprint density at radius 2 is 2.12 bits per heavy atom. The number of aromatic nitrogens is 2. The maximum absolute atomic E-state index is 11.6. The zero-order chi connectivity index (χ0) is 12.1. The van der Waals surface area contributed by atoms with Gasteiger partial charge in [0.1, 0.15) is 12.4 Å². The smallest absolute Gasteiger partial charge is 0.363 e. The van der Waals surface area contributed by atoms with Crippen molar-refractivity contribution in [2.24, 2.45) is 7.05 Å². The molecule has 6 nitrogen and oxygen atoms in total. The van der Waals surface area contributed by atoms with E-state index < -0.39 is 18.0 Å². The Balaban J connectivity index is 2.96. The SMILES string of the molecule is CCOC(=O)[C@H](C(=O)OC)[n+]1ccn(C)c1. The highest BCUT2D eigenvalue weighted by Crippen LogP contribution is 2.02. The molecule has 0 unspecified atom stereocenters. The molecule has 0 saturated carbocycles. The Hall–Kier alpha value is -1.85. The molecule has 0 N–H and O–H groups in total. The molecule has 1 heterocycles. The first-order valence-electron chi connectivity index (χ1n) is 4.87. The van der Waals surface area contributed by atoms with Crippen molar-refractivity contribution >= 4 is 11.9 Å². The number of imidazole rings is 1. The summed E-state index contributed by atoms with van der Waals surface area (Å²) in [6.45, 7) is 1.90. The van der Waals surface area contributed by atoms with E-state index in [1.165, 1.54) is 11.7 Å². The Morgan fingerprint density at radius 3 is 2.56 bits per heavy atom. The largest absolute Gasteiger partial charge is 0.465 e. The molecule has 1 rings (SSSR count). The van der Waals surface area contributed by atoms with Crippen LogP contribution in [0.25, 0.3) is 0 Å². The fourth-order valence-electron chi connectivity index (χ4n) is 1.29. The number of nitrogens with zero attached hydrogens (tertiary/aromatic N) is 2. The summed E-state index contributed by atoms with van der Waals surface area (Å²) in [4.78, 5) is 23.1. The number of carbonyl (C=O) groups is 2. The van der Waals surface area contributed by atoms with Crippen molar-refractivity contribution in [3.8, 4) is 0 Å². The Kier molecular flexibility index (Phi) is 4.04. The van der Waals surface area contributed by atoms with Gasteiger partial charge in [0, 0.05) is 0 Å². The standard InChI is InChI=1S/C10H15N2O4/c1-4-16-10(14)8(9(13)15-3)12-6-5-11(2)7-12/h5-8H,4H2,1-3H3/q+1/t8-/m0/s1. The summed E-state index contributed by atoms with van der Waals surface area (Å²) < 4.78 is 12.6. The van der Waals surface area contributed by atoms with Crippen LogP contribution in [0.3, 0.4) is 0 Å². The minimum Gasteiger partial charge on any atom is -0.465 e. The summed E-state index contributed by atoms with van der Waals surface area (Å²) in [7, 11) is 3.02. The highest BCUT2D eigenvalue weighted by molar-refractivity contribution is 5.95. The summed E-state index contributed by atoms with van der Waals surface area (Å²) in [6.07, 6.45) is 4.94. The Labute approximate surface area is 93.4 Å². The van der Waals surface area contributed by atoms with Crippen LogP contribution in [0.5, 0.6) is 0 Å². The van der Waals surface area contributed by atoms with Crippen LogP contribution in [0.2, 0.25) is 0 Å². The third-order valence-corrected chi connectivity index (χ3v) is 2.02. The number of esters is 2. The van der Waals surface area contributed by atoms with Crippen molar-refractivity contribution in [2.45, 2.75) is 13.0 Å². The molecule has 16 heavy (non-hydrogen) atoms. The molecule has 0 aliphatic carbocycles. The van der Waals surface area contributed by atoms with E-state index in [1.807, 2.05) is 0 Å². The lowest BCUT2D eigenvalue weighted by Gasteiger charge is -2.09. The van der Waals surface area contributed by atoms with E-state index in [0.717, 1.165) is 0 Å². The zero-order valence-corrected chi connectivity index (χ0v) is 9.54. The van der Waals surface area contributed by atoms with Crippen LogP contribution >= 0.6 is 0 Å². The molecule has 0 spiro atoms. The summed E-state index contributed by atoms with van der Waals surface area (Å²) in [5, 5.41) is 0. The topological polar surface area (TPSA) is 61.4 Å². The molecule has 1 aromatic rings. The van der Waals surface area contributed by atoms with E-state index in [4.69, 9.17) is 4.74 Å². The molecule has 0 bridgehead atoms. The molecular weight excluding hydrogens is 212 g/mol. The molecule has 6 heteroatoms. The van der Waals surface area contributed by atoms with Crippen molar-refractivity contribution in [1.29, 1.82) is 0 Å². The van der Waals surface area contributed by atoms with E-state index in [0.29, 0.717) is 0 Å². The Morgan fingerprint density at radius 1 is 1.44 bits per heavy atom. The molecule has 0 radical (unpaired) electrons. The van der Waals surface area contributed by atoms with Gasteiger partial charge < -0.3 is 9.47 Å². The summed E-state index contributed by atoms with van der Waals surface area (Å²) in [5.74, 6) is -1.26. The van der Waals surface area contributed by atoms with Crippen LogP contribution in [-0.4, -0.2) is 30.2 Å². The van der Waals surface area contributed by atoms with E-state index in [9.17, 15) is 9.59 Å². The van der Waals surface area contributed by atoms with Crippen molar-refractivity contribution in [2.75, 3.05) is 13.7 Å². The van der Waals surface area contributed by atoms with Gasteiger partial charge in [-0.15, -0.1) is 0 Å². The van der Waals surface area contributed by atoms with Gasteiger partial charge in [0.15, 0.2) is 0 Å². The second-order valence-corrected chi connectivity index (χ2v) is 3.20. The van der Waals surface area contributed by atoms with Crippen LogP contribution in [0.4, 0.5) is 0 Å². The van der Waals surface area contributed by atoms with Gasteiger partial charge in [-0.2, -0.15) is 0 Å². The third-order valence-electron chi connectivity index (χ3n) is 2.02. The first-order valence-corrected chi connectivity index (χ1v) is 4.87. The fourth-order valence-corrected chi connectivity index (χ4v) is 1.29. The average Bonchev–Trinajstić information content (AvgIpc) is 2.65. The van der Waals surface area contributed by atoms with Crippen molar-refractivity contribution in [1.82, 2.24) is 4.57 Å². The van der Waals surface area contributed by atoms with Crippen molar-refractivity contribution in [3.05, 3.63) is 18.7 Å². The maximum atomic E-state index is 11.6. The van der Waals surface area contributed by atoms with Crippen molar-refractivity contribution in [3.63, 3.8) is 0 Å². The molecule has 0 aliphatic rings. The minimum absolute atomic E-state index is 0.222. The summed E-state index contributed by atoms with van der Waals surface area (Å²) in [6, 6.07) is -1.08. The van der Waals surface area contributed by atoms with Gasteiger partial charge in [0.2, 0.25) is 6.33 Å².